The molecule has 108 valence electrons. The van der Waals surface area contributed by atoms with Gasteiger partial charge in [-0.2, -0.15) is 0 Å². The van der Waals surface area contributed by atoms with Crippen LogP contribution in [0.3, 0.4) is 0 Å². The van der Waals surface area contributed by atoms with E-state index in [4.69, 9.17) is 11.6 Å². The third-order valence-electron chi connectivity index (χ3n) is 3.15. The molecule has 1 nitrogen and oxygen atoms in total. The van der Waals surface area contributed by atoms with Gasteiger partial charge in [-0.25, -0.2) is 4.39 Å². The summed E-state index contributed by atoms with van der Waals surface area (Å²) >= 11 is 7.62. The van der Waals surface area contributed by atoms with Gasteiger partial charge in [-0.1, -0.05) is 31.9 Å². The molecule has 20 heavy (non-hydrogen) atoms. The Kier molecular flexibility index (Phi) is 5.58. The molecule has 1 atom stereocenters. The molecule has 0 saturated carbocycles. The maximum Gasteiger partial charge on any atom is 0.125 e. The fraction of sp³-hybridized carbons (Fsp3) is 0.375. The molecule has 1 N–H and O–H groups in total. The first-order valence-electron chi connectivity index (χ1n) is 6.93. The highest BCUT2D eigenvalue weighted by molar-refractivity contribution is 7.15. The van der Waals surface area contributed by atoms with Gasteiger partial charge in [-0.3, -0.25) is 0 Å². The Labute approximate surface area is 128 Å². The Hall–Kier alpha value is -0.900. The molecule has 0 saturated heterocycles. The van der Waals surface area contributed by atoms with Crippen LogP contribution in [0.4, 0.5) is 4.39 Å². The van der Waals surface area contributed by atoms with Gasteiger partial charge in [0.1, 0.15) is 5.82 Å². The number of halogens is 2. The van der Waals surface area contributed by atoms with E-state index in [2.05, 4.69) is 25.2 Å². The summed E-state index contributed by atoms with van der Waals surface area (Å²) in [6, 6.07) is 9.23. The van der Waals surface area contributed by atoms with Crippen molar-refractivity contribution in [3.05, 3.63) is 46.0 Å². The Morgan fingerprint density at radius 3 is 2.70 bits per heavy atom. The largest absolute Gasteiger partial charge is 0.310 e. The number of benzene rings is 1. The van der Waals surface area contributed by atoms with E-state index in [0.29, 0.717) is 11.1 Å². The smallest absolute Gasteiger partial charge is 0.125 e. The quantitative estimate of drug-likeness (QED) is 0.726. The highest BCUT2D eigenvalue weighted by Gasteiger charge is 2.13. The van der Waals surface area contributed by atoms with E-state index < -0.39 is 0 Å². The Bertz CT molecular complexity index is 541. The number of hydrogen-bond donors (Lipinski definition) is 1. The Balaban J connectivity index is 2.27. The molecule has 0 amide bonds. The topological polar surface area (TPSA) is 12.0 Å². The van der Waals surface area contributed by atoms with Crippen LogP contribution in [0.1, 0.15) is 37.6 Å². The average Bonchev–Trinajstić information content (AvgIpc) is 2.87. The summed E-state index contributed by atoms with van der Waals surface area (Å²) in [5.41, 5.74) is 0.845. The van der Waals surface area contributed by atoms with Gasteiger partial charge in [0.2, 0.25) is 0 Å². The van der Waals surface area contributed by atoms with Gasteiger partial charge in [-0.15, -0.1) is 11.3 Å². The fourth-order valence-corrected chi connectivity index (χ4v) is 3.60. The van der Waals surface area contributed by atoms with Crippen molar-refractivity contribution >= 4 is 22.9 Å². The van der Waals surface area contributed by atoms with Crippen LogP contribution in [0.15, 0.2) is 30.3 Å². The maximum absolute atomic E-state index is 13.4. The van der Waals surface area contributed by atoms with Crippen LogP contribution in [0.2, 0.25) is 5.02 Å². The molecule has 0 aliphatic carbocycles. The maximum atomic E-state index is 13.4. The van der Waals surface area contributed by atoms with E-state index in [0.717, 1.165) is 29.8 Å². The predicted octanol–water partition coefficient (Wildman–Crippen LogP) is 5.66. The highest BCUT2D eigenvalue weighted by Crippen LogP contribution is 2.34. The summed E-state index contributed by atoms with van der Waals surface area (Å²) in [7, 11) is 0. The van der Waals surface area contributed by atoms with Gasteiger partial charge in [0.15, 0.2) is 0 Å². The molecule has 1 unspecified atom stereocenters. The summed E-state index contributed by atoms with van der Waals surface area (Å²) in [5.74, 6) is -0.292. The van der Waals surface area contributed by atoms with Crippen molar-refractivity contribution in [2.75, 3.05) is 6.54 Å². The normalized spacial score (nSPS) is 12.6. The van der Waals surface area contributed by atoms with Gasteiger partial charge in [0.25, 0.3) is 0 Å². The number of nitrogens with one attached hydrogen (secondary N) is 1. The molecule has 2 rings (SSSR count). The second kappa shape index (κ2) is 7.21. The summed E-state index contributed by atoms with van der Waals surface area (Å²) in [5, 5.41) is 3.93. The van der Waals surface area contributed by atoms with Gasteiger partial charge in [0.05, 0.1) is 0 Å². The Morgan fingerprint density at radius 1 is 1.25 bits per heavy atom. The summed E-state index contributed by atoms with van der Waals surface area (Å²) in [4.78, 5) is 2.35. The second-order valence-corrected chi connectivity index (χ2v) is 6.31. The van der Waals surface area contributed by atoms with Crippen molar-refractivity contribution < 1.29 is 4.39 Å². The van der Waals surface area contributed by atoms with Crippen molar-refractivity contribution in [3.63, 3.8) is 0 Å². The molecule has 1 aromatic heterocycles. The fourth-order valence-electron chi connectivity index (χ4n) is 2.27. The SMILES string of the molecule is CCCC(NCC)c1ccc(-c2cc(F)cc(Cl)c2)s1. The van der Waals surface area contributed by atoms with Gasteiger partial charge < -0.3 is 5.32 Å². The first-order chi connectivity index (χ1) is 9.63. The molecular formula is C16H19ClFNS. The minimum absolute atomic E-state index is 0.292. The zero-order chi connectivity index (χ0) is 14.5. The van der Waals surface area contributed by atoms with Gasteiger partial charge in [0, 0.05) is 20.8 Å². The molecule has 0 radical (unpaired) electrons. The van der Waals surface area contributed by atoms with E-state index in [1.165, 1.54) is 17.0 Å². The molecule has 2 aromatic rings. The number of thiophene rings is 1. The van der Waals surface area contributed by atoms with Crippen LogP contribution in [-0.4, -0.2) is 6.54 Å². The van der Waals surface area contributed by atoms with Crippen molar-refractivity contribution in [1.29, 1.82) is 0 Å². The molecule has 0 fully saturated rings. The van der Waals surface area contributed by atoms with E-state index in [9.17, 15) is 4.39 Å². The van der Waals surface area contributed by atoms with E-state index in [-0.39, 0.29) is 5.82 Å². The van der Waals surface area contributed by atoms with Crippen LogP contribution >= 0.6 is 22.9 Å². The monoisotopic (exact) mass is 311 g/mol. The van der Waals surface area contributed by atoms with Crippen LogP contribution < -0.4 is 5.32 Å². The first-order valence-corrected chi connectivity index (χ1v) is 8.13. The summed E-state index contributed by atoms with van der Waals surface area (Å²) in [6.45, 7) is 5.25. The molecule has 0 spiro atoms. The lowest BCUT2D eigenvalue weighted by atomic mass is 10.1. The molecular weight excluding hydrogens is 293 g/mol. The second-order valence-electron chi connectivity index (χ2n) is 4.76. The van der Waals surface area contributed by atoms with E-state index in [1.54, 1.807) is 11.3 Å². The lowest BCUT2D eigenvalue weighted by molar-refractivity contribution is 0.516. The van der Waals surface area contributed by atoms with Crippen LogP contribution in [0, 0.1) is 5.82 Å². The Morgan fingerprint density at radius 2 is 2.05 bits per heavy atom. The lowest BCUT2D eigenvalue weighted by Crippen LogP contribution is -2.19. The van der Waals surface area contributed by atoms with Crippen LogP contribution in [-0.2, 0) is 0 Å². The number of hydrogen-bond acceptors (Lipinski definition) is 2. The molecule has 0 bridgehead atoms. The number of rotatable bonds is 6. The van der Waals surface area contributed by atoms with Crippen molar-refractivity contribution in [2.24, 2.45) is 0 Å². The standard InChI is InChI=1S/C16H19ClFNS/c1-3-5-14(19-4-2)16-7-6-15(20-16)11-8-12(17)10-13(18)9-11/h6-10,14,19H,3-5H2,1-2H3. The third kappa shape index (κ3) is 3.81. The predicted molar refractivity (Wildman–Crippen MR) is 86.0 cm³/mol. The lowest BCUT2D eigenvalue weighted by Gasteiger charge is -2.15. The summed E-state index contributed by atoms with van der Waals surface area (Å²) < 4.78 is 13.4. The van der Waals surface area contributed by atoms with Gasteiger partial charge in [-0.05, 0) is 48.9 Å². The zero-order valence-corrected chi connectivity index (χ0v) is 13.3. The molecule has 0 aliphatic heterocycles. The first kappa shape index (κ1) is 15.5. The van der Waals surface area contributed by atoms with Crippen molar-refractivity contribution in [3.8, 4) is 10.4 Å². The zero-order valence-electron chi connectivity index (χ0n) is 11.7. The third-order valence-corrected chi connectivity index (χ3v) is 4.61. The van der Waals surface area contributed by atoms with E-state index >= 15 is 0 Å². The average molecular weight is 312 g/mol. The minimum Gasteiger partial charge on any atom is -0.310 e. The van der Waals surface area contributed by atoms with Gasteiger partial charge >= 0.3 is 0 Å². The molecule has 0 aliphatic rings. The van der Waals surface area contributed by atoms with Crippen LogP contribution in [0.25, 0.3) is 10.4 Å². The molecule has 4 heteroatoms. The van der Waals surface area contributed by atoms with Crippen LogP contribution in [0.5, 0.6) is 0 Å². The van der Waals surface area contributed by atoms with Crippen molar-refractivity contribution in [1.82, 2.24) is 5.32 Å². The van der Waals surface area contributed by atoms with E-state index in [1.807, 2.05) is 12.1 Å². The molecule has 1 heterocycles. The summed E-state index contributed by atoms with van der Waals surface area (Å²) in [6.07, 6.45) is 2.24. The molecule has 1 aromatic carbocycles. The van der Waals surface area contributed by atoms with Crippen molar-refractivity contribution in [2.45, 2.75) is 32.7 Å². The highest BCUT2D eigenvalue weighted by atomic mass is 35.5. The minimum atomic E-state index is -0.292.